The predicted octanol–water partition coefficient (Wildman–Crippen LogP) is 2.09. The highest BCUT2D eigenvalue weighted by molar-refractivity contribution is 7.99. The van der Waals surface area contributed by atoms with Gasteiger partial charge in [0.2, 0.25) is 5.95 Å². The zero-order chi connectivity index (χ0) is 12.1. The third-order valence-corrected chi connectivity index (χ3v) is 3.93. The smallest absolute Gasteiger partial charge is 0.251 e. The molecule has 0 saturated carbocycles. The summed E-state index contributed by atoms with van der Waals surface area (Å²) in [5.41, 5.74) is 0.336. The number of hydrogen-bond donors (Lipinski definition) is 1. The van der Waals surface area contributed by atoms with Crippen molar-refractivity contribution >= 4 is 17.7 Å². The van der Waals surface area contributed by atoms with Gasteiger partial charge in [0, 0.05) is 24.4 Å². The van der Waals surface area contributed by atoms with Crippen LogP contribution in [0.2, 0.25) is 0 Å². The topological polar surface area (TPSA) is 42.0 Å². The summed E-state index contributed by atoms with van der Waals surface area (Å²) in [6, 6.07) is 2.68. The number of halogens is 1. The van der Waals surface area contributed by atoms with Gasteiger partial charge in [-0.25, -0.2) is 4.98 Å². The molecule has 1 aromatic rings. The molecule has 1 amide bonds. The molecule has 1 aliphatic heterocycles. The second-order valence-corrected chi connectivity index (χ2v) is 5.36. The summed E-state index contributed by atoms with van der Waals surface area (Å²) in [5.74, 6) is 2.07. The van der Waals surface area contributed by atoms with Crippen LogP contribution < -0.4 is 5.32 Å². The van der Waals surface area contributed by atoms with E-state index < -0.39 is 5.95 Å². The van der Waals surface area contributed by atoms with Gasteiger partial charge in [0.15, 0.2) is 0 Å². The maximum absolute atomic E-state index is 12.8. The number of nitrogens with one attached hydrogen (secondary N) is 1. The Labute approximate surface area is 104 Å². The van der Waals surface area contributed by atoms with Crippen LogP contribution in [0.4, 0.5) is 4.39 Å². The van der Waals surface area contributed by atoms with Gasteiger partial charge in [0.1, 0.15) is 0 Å². The molecule has 1 saturated heterocycles. The lowest BCUT2D eigenvalue weighted by Crippen LogP contribution is -2.31. The minimum Gasteiger partial charge on any atom is -0.352 e. The first kappa shape index (κ1) is 12.4. The largest absolute Gasteiger partial charge is 0.352 e. The highest BCUT2D eigenvalue weighted by Gasteiger charge is 2.15. The molecule has 0 aliphatic carbocycles. The monoisotopic (exact) mass is 254 g/mol. The van der Waals surface area contributed by atoms with Crippen LogP contribution in [0.15, 0.2) is 18.3 Å². The van der Waals surface area contributed by atoms with Crippen molar-refractivity contribution in [2.24, 2.45) is 5.92 Å². The Bertz CT molecular complexity index is 394. The average molecular weight is 254 g/mol. The van der Waals surface area contributed by atoms with E-state index in [-0.39, 0.29) is 5.91 Å². The molecule has 1 N–H and O–H groups in total. The lowest BCUT2D eigenvalue weighted by atomic mass is 10.0. The van der Waals surface area contributed by atoms with Crippen molar-refractivity contribution in [3.8, 4) is 0 Å². The average Bonchev–Trinajstić information content (AvgIpc) is 2.37. The number of thioether (sulfide) groups is 1. The van der Waals surface area contributed by atoms with Crippen molar-refractivity contribution in [1.29, 1.82) is 0 Å². The molecule has 0 radical (unpaired) electrons. The molecule has 0 bridgehead atoms. The Hall–Kier alpha value is -1.10. The van der Waals surface area contributed by atoms with Crippen LogP contribution >= 0.6 is 11.8 Å². The van der Waals surface area contributed by atoms with Gasteiger partial charge in [-0.3, -0.25) is 4.79 Å². The van der Waals surface area contributed by atoms with E-state index >= 15 is 0 Å². The third kappa shape index (κ3) is 3.70. The number of hydrogen-bond acceptors (Lipinski definition) is 3. The molecule has 1 fully saturated rings. The maximum Gasteiger partial charge on any atom is 0.251 e. The van der Waals surface area contributed by atoms with Gasteiger partial charge < -0.3 is 5.32 Å². The van der Waals surface area contributed by atoms with Crippen molar-refractivity contribution in [2.75, 3.05) is 18.1 Å². The van der Waals surface area contributed by atoms with E-state index in [2.05, 4.69) is 10.3 Å². The van der Waals surface area contributed by atoms with E-state index in [1.54, 1.807) is 0 Å². The first-order valence-corrected chi connectivity index (χ1v) is 6.88. The lowest BCUT2D eigenvalue weighted by molar-refractivity contribution is 0.0945. The van der Waals surface area contributed by atoms with Crippen LogP contribution in [0, 0.1) is 11.9 Å². The molecule has 0 atom stereocenters. The summed E-state index contributed by atoms with van der Waals surface area (Å²) in [4.78, 5) is 15.2. The normalized spacial score (nSPS) is 16.8. The molecule has 2 rings (SSSR count). The first-order chi connectivity index (χ1) is 8.25. The molecule has 5 heteroatoms. The van der Waals surface area contributed by atoms with E-state index in [1.165, 1.54) is 23.8 Å². The summed E-state index contributed by atoms with van der Waals surface area (Å²) in [6.45, 7) is 0.684. The zero-order valence-corrected chi connectivity index (χ0v) is 10.3. The van der Waals surface area contributed by atoms with Crippen LogP contribution in [-0.4, -0.2) is 28.9 Å². The Kier molecular flexibility index (Phi) is 4.36. The van der Waals surface area contributed by atoms with Crippen molar-refractivity contribution in [1.82, 2.24) is 10.3 Å². The summed E-state index contributed by atoms with van der Waals surface area (Å²) in [6.07, 6.45) is 3.60. The Balaban J connectivity index is 1.84. The van der Waals surface area contributed by atoms with Gasteiger partial charge in [0.25, 0.3) is 5.91 Å². The minimum atomic E-state index is -0.619. The van der Waals surface area contributed by atoms with Crippen molar-refractivity contribution in [3.63, 3.8) is 0 Å². The minimum absolute atomic E-state index is 0.218. The fraction of sp³-hybridized carbons (Fsp3) is 0.500. The lowest BCUT2D eigenvalue weighted by Gasteiger charge is -2.21. The molecule has 92 valence electrons. The molecule has 1 aromatic heterocycles. The zero-order valence-electron chi connectivity index (χ0n) is 9.49. The van der Waals surface area contributed by atoms with Gasteiger partial charge in [-0.05, 0) is 36.3 Å². The van der Waals surface area contributed by atoms with E-state index in [9.17, 15) is 9.18 Å². The number of pyridine rings is 1. The predicted molar refractivity (Wildman–Crippen MR) is 66.6 cm³/mol. The summed E-state index contributed by atoms with van der Waals surface area (Å²) < 4.78 is 12.8. The van der Waals surface area contributed by atoms with Crippen LogP contribution in [0.5, 0.6) is 0 Å². The molecular formula is C12H15FN2OS. The van der Waals surface area contributed by atoms with Crippen LogP contribution in [0.3, 0.4) is 0 Å². The third-order valence-electron chi connectivity index (χ3n) is 2.88. The second-order valence-electron chi connectivity index (χ2n) is 4.13. The number of carbonyl (C=O) groups excluding carboxylic acids is 1. The molecule has 17 heavy (non-hydrogen) atoms. The molecule has 3 nitrogen and oxygen atoms in total. The molecule has 2 heterocycles. The van der Waals surface area contributed by atoms with Crippen molar-refractivity contribution in [2.45, 2.75) is 12.8 Å². The van der Waals surface area contributed by atoms with E-state index in [1.807, 2.05) is 11.8 Å². The van der Waals surface area contributed by atoms with Crippen LogP contribution in [-0.2, 0) is 0 Å². The Morgan fingerprint density at radius 3 is 3.00 bits per heavy atom. The van der Waals surface area contributed by atoms with Gasteiger partial charge >= 0.3 is 0 Å². The number of nitrogens with zero attached hydrogens (tertiary/aromatic N) is 1. The number of amides is 1. The Morgan fingerprint density at radius 2 is 2.29 bits per heavy atom. The van der Waals surface area contributed by atoms with Crippen molar-refractivity contribution < 1.29 is 9.18 Å². The highest BCUT2D eigenvalue weighted by atomic mass is 32.2. The maximum atomic E-state index is 12.8. The van der Waals surface area contributed by atoms with Crippen LogP contribution in [0.25, 0.3) is 0 Å². The number of rotatable bonds is 3. The number of aromatic nitrogens is 1. The first-order valence-electron chi connectivity index (χ1n) is 5.73. The summed E-state index contributed by atoms with van der Waals surface area (Å²) >= 11 is 1.96. The second kappa shape index (κ2) is 6.00. The quantitative estimate of drug-likeness (QED) is 0.840. The number of carbonyl (C=O) groups is 1. The van der Waals surface area contributed by atoms with Gasteiger partial charge in [-0.15, -0.1) is 0 Å². The molecule has 1 aliphatic rings. The fourth-order valence-corrected chi connectivity index (χ4v) is 3.04. The van der Waals surface area contributed by atoms with E-state index in [4.69, 9.17) is 0 Å². The van der Waals surface area contributed by atoms with Crippen molar-refractivity contribution in [3.05, 3.63) is 29.8 Å². The van der Waals surface area contributed by atoms with Gasteiger partial charge in [-0.2, -0.15) is 16.2 Å². The summed E-state index contributed by atoms with van der Waals surface area (Å²) in [5, 5.41) is 2.85. The molecule has 0 unspecified atom stereocenters. The highest BCUT2D eigenvalue weighted by Crippen LogP contribution is 2.21. The molecular weight excluding hydrogens is 239 g/mol. The Morgan fingerprint density at radius 1 is 1.53 bits per heavy atom. The SMILES string of the molecule is O=C(NCC1CCSCC1)c1ccnc(F)c1. The van der Waals surface area contributed by atoms with E-state index in [0.29, 0.717) is 18.0 Å². The van der Waals surface area contributed by atoms with Gasteiger partial charge in [-0.1, -0.05) is 0 Å². The molecule has 0 aromatic carbocycles. The van der Waals surface area contributed by atoms with Crippen LogP contribution in [0.1, 0.15) is 23.2 Å². The van der Waals surface area contributed by atoms with Gasteiger partial charge in [0.05, 0.1) is 0 Å². The summed E-state index contributed by atoms with van der Waals surface area (Å²) in [7, 11) is 0. The fourth-order valence-electron chi connectivity index (χ4n) is 1.83. The standard InChI is InChI=1S/C12H15FN2OS/c13-11-7-10(1-4-14-11)12(16)15-8-9-2-5-17-6-3-9/h1,4,7,9H,2-3,5-6,8H2,(H,15,16). The van der Waals surface area contributed by atoms with E-state index in [0.717, 1.165) is 18.9 Å². The molecule has 0 spiro atoms.